The van der Waals surface area contributed by atoms with Gasteiger partial charge in [0.05, 0.1) is 23.0 Å². The number of anilines is 3. The summed E-state index contributed by atoms with van der Waals surface area (Å²) in [5.41, 5.74) is 2.99. The van der Waals surface area contributed by atoms with E-state index in [9.17, 15) is 4.79 Å². The van der Waals surface area contributed by atoms with Gasteiger partial charge in [0.2, 0.25) is 5.95 Å². The first kappa shape index (κ1) is 18.3. The van der Waals surface area contributed by atoms with Crippen molar-refractivity contribution in [3.63, 3.8) is 0 Å². The summed E-state index contributed by atoms with van der Waals surface area (Å²) in [5, 5.41) is 10.9. The Bertz CT molecular complexity index is 1310. The zero-order chi connectivity index (χ0) is 21.8. The molecule has 1 spiro atoms. The lowest BCUT2D eigenvalue weighted by molar-refractivity contribution is 0.0876. The fourth-order valence-corrected chi connectivity index (χ4v) is 7.11. The van der Waals surface area contributed by atoms with Crippen LogP contribution in [0.1, 0.15) is 42.6 Å². The summed E-state index contributed by atoms with van der Waals surface area (Å²) in [4.78, 5) is 29.1. The maximum Gasteiger partial charge on any atom is 0.268 e. The molecule has 9 heteroatoms. The lowest BCUT2D eigenvalue weighted by atomic mass is 9.94. The third-order valence-corrected chi connectivity index (χ3v) is 8.84. The highest BCUT2D eigenvalue weighted by molar-refractivity contribution is 5.99. The van der Waals surface area contributed by atoms with Crippen molar-refractivity contribution in [1.29, 1.82) is 0 Å². The van der Waals surface area contributed by atoms with Gasteiger partial charge in [0.1, 0.15) is 17.2 Å². The Labute approximate surface area is 191 Å². The highest BCUT2D eigenvalue weighted by Gasteiger charge is 2.70. The molecule has 3 atom stereocenters. The van der Waals surface area contributed by atoms with Crippen LogP contribution < -0.4 is 20.9 Å². The molecule has 2 bridgehead atoms. The van der Waals surface area contributed by atoms with Gasteiger partial charge in [-0.3, -0.25) is 4.79 Å². The first-order valence-corrected chi connectivity index (χ1v) is 12.1. The Balaban J connectivity index is 1.11. The molecule has 3 unspecified atom stereocenters. The Morgan fingerprint density at radius 3 is 2.76 bits per heavy atom. The number of rotatable bonds is 3. The molecule has 2 saturated heterocycles. The van der Waals surface area contributed by atoms with Crippen molar-refractivity contribution in [2.24, 2.45) is 5.92 Å². The predicted octanol–water partition coefficient (Wildman–Crippen LogP) is 2.13. The molecule has 0 aromatic carbocycles. The third-order valence-electron chi connectivity index (χ3n) is 8.84. The van der Waals surface area contributed by atoms with Crippen molar-refractivity contribution in [1.82, 2.24) is 30.2 Å². The number of hydrogen-bond acceptors (Lipinski definition) is 7. The van der Waals surface area contributed by atoms with E-state index < -0.39 is 0 Å². The van der Waals surface area contributed by atoms with Gasteiger partial charge < -0.3 is 25.4 Å². The smallest absolute Gasteiger partial charge is 0.268 e. The molecule has 1 amide bonds. The van der Waals surface area contributed by atoms with Crippen molar-refractivity contribution >= 4 is 34.4 Å². The lowest BCUT2D eigenvalue weighted by Gasteiger charge is -2.37. The van der Waals surface area contributed by atoms with E-state index >= 15 is 0 Å². The number of pyridine rings is 1. The minimum Gasteiger partial charge on any atom is -0.361 e. The number of aromatic nitrogens is 4. The van der Waals surface area contributed by atoms with E-state index in [1.807, 2.05) is 18.3 Å². The van der Waals surface area contributed by atoms with Gasteiger partial charge in [0.15, 0.2) is 0 Å². The van der Waals surface area contributed by atoms with E-state index in [0.717, 1.165) is 48.7 Å². The Kier molecular flexibility index (Phi) is 3.33. The van der Waals surface area contributed by atoms with Crippen molar-refractivity contribution < 1.29 is 4.79 Å². The first-order valence-electron chi connectivity index (χ1n) is 12.1. The molecule has 2 aliphatic carbocycles. The van der Waals surface area contributed by atoms with Gasteiger partial charge >= 0.3 is 0 Å². The molecule has 4 fully saturated rings. The molecule has 6 heterocycles. The highest BCUT2D eigenvalue weighted by Crippen LogP contribution is 2.59. The van der Waals surface area contributed by atoms with Crippen LogP contribution in [0.4, 0.5) is 17.5 Å². The first-order chi connectivity index (χ1) is 16.2. The molecule has 3 aromatic rings. The minimum atomic E-state index is -0.0689. The molecule has 9 nitrogen and oxygen atoms in total. The minimum absolute atomic E-state index is 0.0273. The number of piperidine rings is 2. The molecule has 3 N–H and O–H groups in total. The van der Waals surface area contributed by atoms with E-state index in [-0.39, 0.29) is 11.4 Å². The van der Waals surface area contributed by atoms with Gasteiger partial charge in [0, 0.05) is 43.2 Å². The summed E-state index contributed by atoms with van der Waals surface area (Å²) in [7, 11) is 0. The topological polar surface area (TPSA) is 100 Å². The Morgan fingerprint density at radius 2 is 2.03 bits per heavy atom. The largest absolute Gasteiger partial charge is 0.361 e. The average Bonchev–Trinajstić information content (AvgIpc) is 3.24. The number of nitrogens with zero attached hydrogens (tertiary/aromatic N) is 5. The van der Waals surface area contributed by atoms with E-state index in [0.29, 0.717) is 29.8 Å². The van der Waals surface area contributed by atoms with E-state index in [1.54, 1.807) is 6.20 Å². The molecule has 33 heavy (non-hydrogen) atoms. The third kappa shape index (κ3) is 2.35. The van der Waals surface area contributed by atoms with Crippen LogP contribution in [0.15, 0.2) is 30.6 Å². The maximum absolute atomic E-state index is 12.6. The number of nitrogens with one attached hydrogen (secondary N) is 3. The van der Waals surface area contributed by atoms with Crippen LogP contribution in [0.2, 0.25) is 0 Å². The molecule has 168 valence electrons. The number of piperazine rings is 1. The number of amides is 1. The summed E-state index contributed by atoms with van der Waals surface area (Å²) in [6, 6.07) is 6.72. The van der Waals surface area contributed by atoms with E-state index in [2.05, 4.69) is 41.5 Å². The molecule has 8 rings (SSSR count). The van der Waals surface area contributed by atoms with Crippen LogP contribution in [0.5, 0.6) is 0 Å². The SMILES string of the molecule is O=C1NCC2(CCCC2)n2c1cc1cnc(Nc3ccc(N4CC5NCC46CC56)cn3)nc12. The normalized spacial score (nSPS) is 30.5. The molecule has 5 aliphatic rings. The zero-order valence-electron chi connectivity index (χ0n) is 18.3. The molecule has 0 radical (unpaired) electrons. The van der Waals surface area contributed by atoms with Crippen LogP contribution >= 0.6 is 0 Å². The van der Waals surface area contributed by atoms with Crippen molar-refractivity contribution in [2.75, 3.05) is 29.9 Å². The van der Waals surface area contributed by atoms with Gasteiger partial charge in [-0.05, 0) is 37.5 Å². The molecular weight excluding hydrogens is 416 g/mol. The highest BCUT2D eigenvalue weighted by atomic mass is 16.2. The number of carbonyl (C=O) groups is 1. The monoisotopic (exact) mass is 442 g/mol. The van der Waals surface area contributed by atoms with Crippen LogP contribution in [-0.2, 0) is 5.54 Å². The second-order valence-corrected chi connectivity index (χ2v) is 10.5. The van der Waals surface area contributed by atoms with Crippen LogP contribution in [0, 0.1) is 5.92 Å². The number of fused-ring (bicyclic) bond motifs is 4. The number of carbonyl (C=O) groups excluding carboxylic acids is 1. The summed E-state index contributed by atoms with van der Waals surface area (Å²) >= 11 is 0. The Morgan fingerprint density at radius 1 is 1.12 bits per heavy atom. The summed E-state index contributed by atoms with van der Waals surface area (Å²) < 4.78 is 2.18. The second kappa shape index (κ2) is 6.02. The standard InChI is InChI=1S/C24H26N8O/c33-21-18-7-14-9-26-22(30-20(14)32(18)23(12-28-21)5-1-2-6-23)29-19-4-3-15(10-25-19)31-11-17-16-8-24(16,31)13-27-17/h3-4,7,9-10,16-17,27H,1-2,5-6,8,11-13H2,(H,28,33)(H,25,26,29,30). The second-order valence-electron chi connectivity index (χ2n) is 10.5. The molecule has 3 aliphatic heterocycles. The zero-order valence-corrected chi connectivity index (χ0v) is 18.3. The maximum atomic E-state index is 12.6. The van der Waals surface area contributed by atoms with Crippen LogP contribution in [0.3, 0.4) is 0 Å². The fraction of sp³-hybridized carbons (Fsp3) is 0.500. The Hall–Kier alpha value is -3.20. The van der Waals surface area contributed by atoms with Crippen LogP contribution in [0.25, 0.3) is 11.0 Å². The van der Waals surface area contributed by atoms with E-state index in [1.165, 1.54) is 24.9 Å². The molecule has 3 aromatic heterocycles. The lowest BCUT2D eigenvalue weighted by Crippen LogP contribution is -2.50. The summed E-state index contributed by atoms with van der Waals surface area (Å²) in [5.74, 6) is 2.02. The predicted molar refractivity (Wildman–Crippen MR) is 124 cm³/mol. The van der Waals surface area contributed by atoms with Crippen molar-refractivity contribution in [2.45, 2.75) is 49.2 Å². The quantitative estimate of drug-likeness (QED) is 0.571. The molecule has 2 saturated carbocycles. The van der Waals surface area contributed by atoms with Crippen LogP contribution in [-0.4, -0.2) is 56.6 Å². The molecular formula is C24H26N8O. The van der Waals surface area contributed by atoms with E-state index in [4.69, 9.17) is 4.98 Å². The van der Waals surface area contributed by atoms with Crippen molar-refractivity contribution in [3.05, 3.63) is 36.3 Å². The van der Waals surface area contributed by atoms with Gasteiger partial charge in [0.25, 0.3) is 5.91 Å². The van der Waals surface area contributed by atoms with Crippen molar-refractivity contribution in [3.8, 4) is 0 Å². The van der Waals surface area contributed by atoms with Gasteiger partial charge in [-0.2, -0.15) is 4.98 Å². The van der Waals surface area contributed by atoms with Gasteiger partial charge in [-0.1, -0.05) is 12.8 Å². The van der Waals surface area contributed by atoms with Gasteiger partial charge in [-0.25, -0.2) is 9.97 Å². The van der Waals surface area contributed by atoms with Gasteiger partial charge in [-0.15, -0.1) is 0 Å². The summed E-state index contributed by atoms with van der Waals surface area (Å²) in [6.45, 7) is 2.85. The number of hydrogen-bond donors (Lipinski definition) is 3. The average molecular weight is 443 g/mol. The fourth-order valence-electron chi connectivity index (χ4n) is 7.11. The summed E-state index contributed by atoms with van der Waals surface area (Å²) in [6.07, 6.45) is 9.56.